The molecule has 0 unspecified atom stereocenters. The molecule has 1 fully saturated rings. The highest BCUT2D eigenvalue weighted by molar-refractivity contribution is 7.97. The zero-order valence-corrected chi connectivity index (χ0v) is 8.77. The smallest absolute Gasteiger partial charge is 0.155 e. The molecule has 0 atom stereocenters. The molecule has 2 rings (SSSR count). The number of hydrogen-bond acceptors (Lipinski definition) is 1. The highest BCUT2D eigenvalue weighted by Gasteiger charge is 2.24. The van der Waals surface area contributed by atoms with E-state index in [2.05, 4.69) is 31.2 Å². The second-order valence-corrected chi connectivity index (χ2v) is 5.60. The summed E-state index contributed by atoms with van der Waals surface area (Å²) < 4.78 is 5.35. The summed E-state index contributed by atoms with van der Waals surface area (Å²) in [6, 6.07) is 8.95. The Labute approximate surface area is 82.5 Å². The number of aryl methyl sites for hydroxylation is 1. The predicted molar refractivity (Wildman–Crippen MR) is 57.4 cm³/mol. The van der Waals surface area contributed by atoms with Crippen LogP contribution < -0.4 is 0 Å². The molecular weight excluding hydrogens is 180 g/mol. The molecule has 0 bridgehead atoms. The van der Waals surface area contributed by atoms with Gasteiger partial charge in [0.1, 0.15) is 11.5 Å². The summed E-state index contributed by atoms with van der Waals surface area (Å²) in [5, 5.41) is 0. The molecule has 13 heavy (non-hydrogen) atoms. The second-order valence-electron chi connectivity index (χ2n) is 3.33. The van der Waals surface area contributed by atoms with Gasteiger partial charge < -0.3 is 4.74 Å². The zero-order valence-electron chi connectivity index (χ0n) is 7.95. The van der Waals surface area contributed by atoms with Crippen LogP contribution in [0.4, 0.5) is 0 Å². The first-order valence-electron chi connectivity index (χ1n) is 4.68. The first kappa shape index (κ1) is 9.10. The van der Waals surface area contributed by atoms with Gasteiger partial charge in [0.15, 0.2) is 4.90 Å². The van der Waals surface area contributed by atoms with E-state index in [1.807, 2.05) is 0 Å². The minimum absolute atomic E-state index is 0.459. The molecule has 1 aromatic rings. The first-order chi connectivity index (χ1) is 6.36. The lowest BCUT2D eigenvalue weighted by Crippen LogP contribution is -2.26. The zero-order chi connectivity index (χ0) is 9.10. The van der Waals surface area contributed by atoms with Gasteiger partial charge in [0.05, 0.1) is 13.2 Å². The van der Waals surface area contributed by atoms with E-state index in [0.29, 0.717) is 10.9 Å². The van der Waals surface area contributed by atoms with Crippen LogP contribution >= 0.6 is 0 Å². The summed E-state index contributed by atoms with van der Waals surface area (Å²) in [5.74, 6) is 2.42. The van der Waals surface area contributed by atoms with Crippen LogP contribution in [0.25, 0.3) is 0 Å². The van der Waals surface area contributed by atoms with Gasteiger partial charge in [0, 0.05) is 10.9 Å². The van der Waals surface area contributed by atoms with Crippen molar-refractivity contribution in [3.8, 4) is 0 Å². The van der Waals surface area contributed by atoms with Crippen LogP contribution in [0, 0.1) is 6.92 Å². The minimum Gasteiger partial charge on any atom is -0.372 e. The van der Waals surface area contributed by atoms with E-state index < -0.39 is 0 Å². The van der Waals surface area contributed by atoms with Crippen molar-refractivity contribution in [1.82, 2.24) is 0 Å². The van der Waals surface area contributed by atoms with Gasteiger partial charge in [0.2, 0.25) is 0 Å². The molecule has 1 aliphatic rings. The molecule has 0 saturated carbocycles. The third-order valence-corrected chi connectivity index (χ3v) is 4.56. The predicted octanol–water partition coefficient (Wildman–Crippen LogP) is 2.00. The second kappa shape index (κ2) is 4.16. The molecule has 2 heteroatoms. The molecule has 1 heterocycles. The van der Waals surface area contributed by atoms with Crippen LogP contribution in [0.2, 0.25) is 0 Å². The molecule has 70 valence electrons. The molecule has 1 aromatic carbocycles. The lowest BCUT2D eigenvalue weighted by Gasteiger charge is -2.13. The molecule has 0 spiro atoms. The molecule has 0 amide bonds. The lowest BCUT2D eigenvalue weighted by atomic mass is 10.2. The van der Waals surface area contributed by atoms with Crippen LogP contribution in [0.1, 0.15) is 5.56 Å². The maximum absolute atomic E-state index is 5.35. The summed E-state index contributed by atoms with van der Waals surface area (Å²) >= 11 is 0. The van der Waals surface area contributed by atoms with E-state index in [9.17, 15) is 0 Å². The van der Waals surface area contributed by atoms with Gasteiger partial charge in [0.25, 0.3) is 0 Å². The first-order valence-corrected chi connectivity index (χ1v) is 6.24. The number of benzene rings is 1. The Hall–Kier alpha value is -0.470. The molecule has 1 aliphatic heterocycles. The Kier molecular flexibility index (Phi) is 2.91. The van der Waals surface area contributed by atoms with Crippen molar-refractivity contribution < 1.29 is 4.74 Å². The van der Waals surface area contributed by atoms with E-state index >= 15 is 0 Å². The average Bonchev–Trinajstić information content (AvgIpc) is 2.20. The Bertz CT molecular complexity index is 262. The fraction of sp³-hybridized carbons (Fsp3) is 0.455. The van der Waals surface area contributed by atoms with Crippen LogP contribution in [0.15, 0.2) is 29.2 Å². The Morgan fingerprint density at radius 2 is 1.69 bits per heavy atom. The Balaban J connectivity index is 2.10. The van der Waals surface area contributed by atoms with E-state index in [0.717, 1.165) is 13.2 Å². The normalized spacial score (nSPS) is 18.8. The Morgan fingerprint density at radius 1 is 1.08 bits per heavy atom. The number of rotatable bonds is 1. The number of ether oxygens (including phenoxy) is 1. The summed E-state index contributed by atoms with van der Waals surface area (Å²) in [6.45, 7) is 4.02. The van der Waals surface area contributed by atoms with Crippen molar-refractivity contribution in [3.05, 3.63) is 29.8 Å². The standard InChI is InChI=1S/C11H15OS/c1-10-2-4-11(5-3-10)13-8-6-12-7-9-13/h2-5H,6-9H2,1H3/q+1. The quantitative estimate of drug-likeness (QED) is 0.623. The van der Waals surface area contributed by atoms with E-state index in [1.165, 1.54) is 22.0 Å². The highest BCUT2D eigenvalue weighted by atomic mass is 32.2. The SMILES string of the molecule is Cc1ccc([S+]2CCOCC2)cc1. The van der Waals surface area contributed by atoms with Gasteiger partial charge in [-0.1, -0.05) is 17.7 Å². The van der Waals surface area contributed by atoms with Crippen LogP contribution in [-0.2, 0) is 15.6 Å². The monoisotopic (exact) mass is 195 g/mol. The van der Waals surface area contributed by atoms with Crippen LogP contribution in [-0.4, -0.2) is 24.7 Å². The summed E-state index contributed by atoms with van der Waals surface area (Å²) in [7, 11) is 0.459. The van der Waals surface area contributed by atoms with Gasteiger partial charge in [-0.2, -0.15) is 0 Å². The van der Waals surface area contributed by atoms with Crippen molar-refractivity contribution in [2.24, 2.45) is 0 Å². The van der Waals surface area contributed by atoms with Crippen molar-refractivity contribution in [2.45, 2.75) is 11.8 Å². The maximum atomic E-state index is 5.35. The highest BCUT2D eigenvalue weighted by Crippen LogP contribution is 2.17. The minimum atomic E-state index is 0.459. The van der Waals surface area contributed by atoms with Crippen molar-refractivity contribution in [3.63, 3.8) is 0 Å². The van der Waals surface area contributed by atoms with Crippen LogP contribution in [0.5, 0.6) is 0 Å². The average molecular weight is 195 g/mol. The van der Waals surface area contributed by atoms with Gasteiger partial charge in [-0.25, -0.2) is 0 Å². The Morgan fingerprint density at radius 3 is 2.31 bits per heavy atom. The molecular formula is C11H15OS+. The lowest BCUT2D eigenvalue weighted by molar-refractivity contribution is 0.159. The summed E-state index contributed by atoms with van der Waals surface area (Å²) in [5.41, 5.74) is 1.35. The molecule has 0 aliphatic carbocycles. The van der Waals surface area contributed by atoms with Crippen molar-refractivity contribution >= 4 is 10.9 Å². The fourth-order valence-corrected chi connectivity index (χ4v) is 3.32. The molecule has 0 radical (unpaired) electrons. The fourth-order valence-electron chi connectivity index (χ4n) is 1.49. The third-order valence-electron chi connectivity index (χ3n) is 2.30. The van der Waals surface area contributed by atoms with Gasteiger partial charge >= 0.3 is 0 Å². The van der Waals surface area contributed by atoms with Gasteiger partial charge in [-0.3, -0.25) is 0 Å². The molecule has 0 N–H and O–H groups in total. The van der Waals surface area contributed by atoms with E-state index in [-0.39, 0.29) is 0 Å². The third kappa shape index (κ3) is 2.26. The number of hydrogen-bond donors (Lipinski definition) is 0. The van der Waals surface area contributed by atoms with E-state index in [4.69, 9.17) is 4.74 Å². The van der Waals surface area contributed by atoms with Crippen molar-refractivity contribution in [2.75, 3.05) is 24.7 Å². The van der Waals surface area contributed by atoms with Crippen molar-refractivity contribution in [1.29, 1.82) is 0 Å². The topological polar surface area (TPSA) is 9.23 Å². The van der Waals surface area contributed by atoms with Gasteiger partial charge in [-0.15, -0.1) is 0 Å². The maximum Gasteiger partial charge on any atom is 0.155 e. The van der Waals surface area contributed by atoms with Crippen LogP contribution in [0.3, 0.4) is 0 Å². The van der Waals surface area contributed by atoms with E-state index in [1.54, 1.807) is 0 Å². The van der Waals surface area contributed by atoms with Gasteiger partial charge in [-0.05, 0) is 19.1 Å². The summed E-state index contributed by atoms with van der Waals surface area (Å²) in [4.78, 5) is 1.51. The molecule has 1 nitrogen and oxygen atoms in total. The molecule has 1 saturated heterocycles. The largest absolute Gasteiger partial charge is 0.372 e. The molecule has 0 aromatic heterocycles. The summed E-state index contributed by atoms with van der Waals surface area (Å²) in [6.07, 6.45) is 0.